The third-order valence-corrected chi connectivity index (χ3v) is 5.33. The predicted octanol–water partition coefficient (Wildman–Crippen LogP) is 3.18. The number of amides is 1. The Morgan fingerprint density at radius 2 is 1.81 bits per heavy atom. The van der Waals surface area contributed by atoms with E-state index in [0.717, 1.165) is 31.5 Å². The molecule has 0 unspecified atom stereocenters. The average Bonchev–Trinajstić information content (AvgIpc) is 2.74. The molecule has 2 aromatic carbocycles. The van der Waals surface area contributed by atoms with Gasteiger partial charge in [-0.25, -0.2) is 9.18 Å². The van der Waals surface area contributed by atoms with Crippen molar-refractivity contribution in [2.24, 2.45) is 5.92 Å². The molecule has 1 amide bonds. The maximum atomic E-state index is 13.2. The van der Waals surface area contributed by atoms with Crippen molar-refractivity contribution in [3.8, 4) is 0 Å². The van der Waals surface area contributed by atoms with Crippen LogP contribution >= 0.6 is 0 Å². The summed E-state index contributed by atoms with van der Waals surface area (Å²) in [4.78, 5) is 34.3. The lowest BCUT2D eigenvalue weighted by Crippen LogP contribution is -2.38. The molecule has 166 valence electrons. The van der Waals surface area contributed by atoms with Gasteiger partial charge in [-0.15, -0.1) is 0 Å². The normalized spacial score (nSPS) is 14.3. The summed E-state index contributed by atoms with van der Waals surface area (Å²) in [5.41, 5.74) is 2.31. The Balaban J connectivity index is 0.00000107. The minimum Gasteiger partial charge on any atom is -0.483 e. The number of carboxylic acids is 1. The number of likely N-dealkylation sites (tertiary alicyclic amines) is 1. The van der Waals surface area contributed by atoms with Crippen molar-refractivity contribution in [1.29, 1.82) is 0 Å². The van der Waals surface area contributed by atoms with E-state index in [1.165, 1.54) is 18.2 Å². The molecule has 1 aliphatic heterocycles. The molecule has 0 bridgehead atoms. The second-order valence-corrected chi connectivity index (χ2v) is 7.46. The van der Waals surface area contributed by atoms with Crippen LogP contribution in [0, 0.1) is 18.7 Å². The predicted molar refractivity (Wildman–Crippen MR) is 114 cm³/mol. The van der Waals surface area contributed by atoms with E-state index in [1.54, 1.807) is 19.1 Å². The summed E-state index contributed by atoms with van der Waals surface area (Å²) >= 11 is 0. The number of nitrogens with one attached hydrogen (secondary N) is 1. The first-order chi connectivity index (χ1) is 14.8. The van der Waals surface area contributed by atoms with Crippen LogP contribution in [0.25, 0.3) is 0 Å². The Bertz CT molecular complexity index is 911. The van der Waals surface area contributed by atoms with Gasteiger partial charge in [0.1, 0.15) is 5.82 Å². The van der Waals surface area contributed by atoms with Gasteiger partial charge in [-0.2, -0.15) is 0 Å². The Morgan fingerprint density at radius 1 is 1.16 bits per heavy atom. The maximum Gasteiger partial charge on any atom is 0.336 e. The fourth-order valence-electron chi connectivity index (χ4n) is 3.67. The van der Waals surface area contributed by atoms with E-state index >= 15 is 0 Å². The second-order valence-electron chi connectivity index (χ2n) is 7.46. The Morgan fingerprint density at radius 3 is 2.42 bits per heavy atom. The van der Waals surface area contributed by atoms with Gasteiger partial charge in [0.2, 0.25) is 0 Å². The number of aryl methyl sites for hydroxylation is 1. The van der Waals surface area contributed by atoms with Gasteiger partial charge in [-0.3, -0.25) is 14.5 Å². The highest BCUT2D eigenvalue weighted by molar-refractivity contribution is 5.95. The molecule has 1 aliphatic rings. The van der Waals surface area contributed by atoms with E-state index in [2.05, 4.69) is 10.2 Å². The summed E-state index contributed by atoms with van der Waals surface area (Å²) in [6, 6.07) is 11.3. The number of hydrogen-bond acceptors (Lipinski definition) is 4. The van der Waals surface area contributed by atoms with Crippen LogP contribution in [0.1, 0.15) is 44.7 Å². The van der Waals surface area contributed by atoms with E-state index < -0.39 is 5.97 Å². The van der Waals surface area contributed by atoms with Crippen LogP contribution in [0.2, 0.25) is 0 Å². The molecule has 0 radical (unpaired) electrons. The number of rotatable bonds is 6. The molecular formula is C23H27FN2O5. The van der Waals surface area contributed by atoms with E-state index in [1.807, 2.05) is 12.1 Å². The van der Waals surface area contributed by atoms with Gasteiger partial charge in [0, 0.05) is 18.7 Å². The van der Waals surface area contributed by atoms with Gasteiger partial charge < -0.3 is 15.5 Å². The Labute approximate surface area is 180 Å². The highest BCUT2D eigenvalue weighted by atomic mass is 19.1. The van der Waals surface area contributed by atoms with Crippen LogP contribution in [0.5, 0.6) is 0 Å². The summed E-state index contributed by atoms with van der Waals surface area (Å²) in [7, 11) is 0. The first-order valence-corrected chi connectivity index (χ1v) is 10.0. The number of piperidine rings is 1. The number of aromatic carboxylic acids is 1. The molecule has 0 spiro atoms. The van der Waals surface area contributed by atoms with Gasteiger partial charge in [-0.1, -0.05) is 18.2 Å². The van der Waals surface area contributed by atoms with Crippen LogP contribution in [0.3, 0.4) is 0 Å². The molecule has 0 atom stereocenters. The number of nitrogens with zero attached hydrogens (tertiary/aromatic N) is 1. The van der Waals surface area contributed by atoms with Crippen LogP contribution in [0.4, 0.5) is 4.39 Å². The van der Waals surface area contributed by atoms with Crippen molar-refractivity contribution in [3.63, 3.8) is 0 Å². The minimum absolute atomic E-state index is 0.171. The van der Waals surface area contributed by atoms with E-state index in [0.29, 0.717) is 35.7 Å². The quantitative estimate of drug-likeness (QED) is 0.608. The SMILES string of the molecule is Cc1cc(F)ccc1C(=O)NCC1CCN(Cc2ccccc2C(=O)O)CC1.O=CO. The lowest BCUT2D eigenvalue weighted by molar-refractivity contribution is -0.122. The molecule has 0 aliphatic carbocycles. The monoisotopic (exact) mass is 430 g/mol. The van der Waals surface area contributed by atoms with Crippen molar-refractivity contribution < 1.29 is 29.0 Å². The Hall–Kier alpha value is -3.26. The molecule has 0 saturated carbocycles. The third kappa shape index (κ3) is 7.18. The third-order valence-electron chi connectivity index (χ3n) is 5.33. The number of halogens is 1. The molecule has 8 heteroatoms. The summed E-state index contributed by atoms with van der Waals surface area (Å²) in [5.74, 6) is -1.03. The molecular weight excluding hydrogens is 403 g/mol. The lowest BCUT2D eigenvalue weighted by atomic mass is 9.95. The smallest absolute Gasteiger partial charge is 0.336 e. The highest BCUT2D eigenvalue weighted by Crippen LogP contribution is 2.20. The van der Waals surface area contributed by atoms with Crippen LogP contribution in [-0.2, 0) is 11.3 Å². The Kier molecular flexibility index (Phi) is 9.14. The first kappa shape index (κ1) is 24.0. The van der Waals surface area contributed by atoms with Gasteiger partial charge in [0.05, 0.1) is 5.56 Å². The molecule has 3 N–H and O–H groups in total. The second kappa shape index (κ2) is 11.8. The maximum absolute atomic E-state index is 13.2. The van der Waals surface area contributed by atoms with Crippen molar-refractivity contribution in [3.05, 3.63) is 70.5 Å². The van der Waals surface area contributed by atoms with Crippen molar-refractivity contribution in [1.82, 2.24) is 10.2 Å². The van der Waals surface area contributed by atoms with Crippen molar-refractivity contribution in [2.45, 2.75) is 26.3 Å². The lowest BCUT2D eigenvalue weighted by Gasteiger charge is -2.32. The fourth-order valence-corrected chi connectivity index (χ4v) is 3.67. The highest BCUT2D eigenvalue weighted by Gasteiger charge is 2.21. The summed E-state index contributed by atoms with van der Waals surface area (Å²) in [6.45, 7) is 4.42. The zero-order valence-electron chi connectivity index (χ0n) is 17.4. The number of carbonyl (C=O) groups is 3. The van der Waals surface area contributed by atoms with Gasteiger partial charge in [0.25, 0.3) is 12.4 Å². The zero-order chi connectivity index (χ0) is 22.8. The standard InChI is InChI=1S/C22H25FN2O3.CH2O2/c1-15-12-18(23)6-7-19(15)21(26)24-13-16-8-10-25(11-9-16)14-17-4-2-3-5-20(17)22(27)28;2-1-3/h2-7,12,16H,8-11,13-14H2,1H3,(H,24,26)(H,27,28);1H,(H,2,3). The molecule has 31 heavy (non-hydrogen) atoms. The van der Waals surface area contributed by atoms with Gasteiger partial charge in [0.15, 0.2) is 0 Å². The fraction of sp³-hybridized carbons (Fsp3) is 0.348. The summed E-state index contributed by atoms with van der Waals surface area (Å²) in [5, 5.41) is 19.2. The average molecular weight is 430 g/mol. The van der Waals surface area contributed by atoms with Crippen LogP contribution < -0.4 is 5.32 Å². The molecule has 1 saturated heterocycles. The summed E-state index contributed by atoms with van der Waals surface area (Å²) < 4.78 is 13.2. The number of hydrogen-bond donors (Lipinski definition) is 3. The topological polar surface area (TPSA) is 107 Å². The molecule has 2 aromatic rings. The molecule has 7 nitrogen and oxygen atoms in total. The molecule has 3 rings (SSSR count). The van der Waals surface area contributed by atoms with Crippen molar-refractivity contribution >= 4 is 18.3 Å². The largest absolute Gasteiger partial charge is 0.483 e. The molecule has 0 aromatic heterocycles. The molecule has 1 fully saturated rings. The summed E-state index contributed by atoms with van der Waals surface area (Å²) in [6.07, 6.45) is 1.88. The van der Waals surface area contributed by atoms with Gasteiger partial charge in [-0.05, 0) is 74.2 Å². The van der Waals surface area contributed by atoms with Crippen LogP contribution in [-0.4, -0.2) is 53.1 Å². The van der Waals surface area contributed by atoms with E-state index in [-0.39, 0.29) is 18.2 Å². The molecule has 1 heterocycles. The van der Waals surface area contributed by atoms with Crippen LogP contribution in [0.15, 0.2) is 42.5 Å². The van der Waals surface area contributed by atoms with Crippen molar-refractivity contribution in [2.75, 3.05) is 19.6 Å². The van der Waals surface area contributed by atoms with E-state index in [4.69, 9.17) is 9.90 Å². The zero-order valence-corrected chi connectivity index (χ0v) is 17.4. The first-order valence-electron chi connectivity index (χ1n) is 10.0. The number of benzene rings is 2. The number of carbonyl (C=O) groups excluding carboxylic acids is 1. The van der Waals surface area contributed by atoms with E-state index in [9.17, 15) is 19.1 Å². The minimum atomic E-state index is -0.899. The number of carboxylic acid groups (broad SMARTS) is 2. The van der Waals surface area contributed by atoms with Gasteiger partial charge >= 0.3 is 5.97 Å².